The van der Waals surface area contributed by atoms with Crippen LogP contribution in [0.4, 0.5) is 8.28 Å². The van der Waals surface area contributed by atoms with Gasteiger partial charge in [-0.1, -0.05) is 13.8 Å². The molecule has 160 valence electrons. The Morgan fingerprint density at radius 1 is 1.27 bits per heavy atom. The fourth-order valence-corrected chi connectivity index (χ4v) is 3.49. The predicted molar refractivity (Wildman–Crippen MR) is 108 cm³/mol. The van der Waals surface area contributed by atoms with Crippen LogP contribution in [0, 0.1) is 5.82 Å². The van der Waals surface area contributed by atoms with E-state index in [9.17, 15) is 16.7 Å². The number of aromatic nitrogens is 4. The Morgan fingerprint density at radius 2 is 2.00 bits per heavy atom. The molecule has 2 aromatic heterocycles. The molecule has 30 heavy (non-hydrogen) atoms. The number of halogens is 3. The lowest BCUT2D eigenvalue weighted by atomic mass is 9.95. The van der Waals surface area contributed by atoms with E-state index in [1.54, 1.807) is 12.1 Å². The van der Waals surface area contributed by atoms with Gasteiger partial charge in [0, 0.05) is 34.1 Å². The number of hydrogen-bond acceptors (Lipinski definition) is 8. The number of hydrogen-bond donors (Lipinski definition) is 0. The number of ether oxygens (including phenoxy) is 2. The second-order valence-electron chi connectivity index (χ2n) is 6.27. The summed E-state index contributed by atoms with van der Waals surface area (Å²) in [6.07, 6.45) is 1.47. The number of rotatable bonds is 7. The molecule has 0 aliphatic heterocycles. The largest absolute Gasteiger partial charge is 0.481 e. The monoisotopic (exact) mass is 476 g/mol. The van der Waals surface area contributed by atoms with Gasteiger partial charge in [0.15, 0.2) is 12.3 Å². The maximum absolute atomic E-state index is 14.4. The van der Waals surface area contributed by atoms with Crippen molar-refractivity contribution in [3.63, 3.8) is 0 Å². The summed E-state index contributed by atoms with van der Waals surface area (Å²) in [6, 6.07) is 5.17. The summed E-state index contributed by atoms with van der Waals surface area (Å²) in [7, 11) is 2.35. The molecule has 0 aliphatic rings. The van der Waals surface area contributed by atoms with Crippen LogP contribution in [0.15, 0.2) is 35.6 Å². The van der Waals surface area contributed by atoms with Gasteiger partial charge in [-0.2, -0.15) is 4.98 Å². The Labute approximate surface area is 180 Å². The van der Waals surface area contributed by atoms with Gasteiger partial charge in [-0.25, -0.2) is 17.8 Å². The average Bonchev–Trinajstić information content (AvgIpc) is 3.12. The molecule has 3 aromatic rings. The van der Waals surface area contributed by atoms with Crippen molar-refractivity contribution in [3.8, 4) is 28.8 Å². The molecule has 8 nitrogen and oxygen atoms in total. The van der Waals surface area contributed by atoms with E-state index < -0.39 is 38.4 Å². The first-order valence-corrected chi connectivity index (χ1v) is 11.3. The molecule has 0 atom stereocenters. The highest BCUT2D eigenvalue weighted by Crippen LogP contribution is 2.41. The van der Waals surface area contributed by atoms with E-state index >= 15 is 0 Å². The fraction of sp³-hybridized carbons (Fsp3) is 0.235. The molecule has 1 aromatic carbocycles. The Balaban J connectivity index is 2.22. The van der Waals surface area contributed by atoms with E-state index in [0.717, 1.165) is 0 Å². The van der Waals surface area contributed by atoms with Crippen LogP contribution in [0.3, 0.4) is 0 Å². The summed E-state index contributed by atoms with van der Waals surface area (Å²) >= 11 is -0.432. The van der Waals surface area contributed by atoms with Crippen LogP contribution >= 0.6 is 23.0 Å². The molecular weight excluding hydrogens is 462 g/mol. The van der Waals surface area contributed by atoms with Crippen molar-refractivity contribution < 1.29 is 26.2 Å². The quantitative estimate of drug-likeness (QED) is 0.452. The normalized spacial score (nSPS) is 11.7. The number of nitrogens with zero attached hydrogens (tertiary/aromatic N) is 4. The summed E-state index contributed by atoms with van der Waals surface area (Å²) in [5, 5.41) is 2.63. The lowest BCUT2D eigenvalue weighted by Gasteiger charge is -2.17. The van der Waals surface area contributed by atoms with Crippen molar-refractivity contribution in [1.82, 2.24) is 19.2 Å². The minimum atomic E-state index is -4.33. The van der Waals surface area contributed by atoms with E-state index in [4.69, 9.17) is 20.2 Å². The van der Waals surface area contributed by atoms with E-state index in [1.807, 2.05) is 13.8 Å². The van der Waals surface area contributed by atoms with Crippen LogP contribution in [0.25, 0.3) is 11.1 Å². The fourth-order valence-electron chi connectivity index (χ4n) is 2.63. The van der Waals surface area contributed by atoms with Crippen molar-refractivity contribution in [2.24, 2.45) is 0 Å². The first-order valence-electron chi connectivity index (χ1n) is 8.36. The second-order valence-corrected chi connectivity index (χ2v) is 9.22. The topological polar surface area (TPSA) is 96.2 Å². The zero-order chi connectivity index (χ0) is 22.1. The highest BCUT2D eigenvalue weighted by molar-refractivity contribution is 8.13. The van der Waals surface area contributed by atoms with Crippen molar-refractivity contribution in [1.29, 1.82) is 0 Å². The van der Waals surface area contributed by atoms with Crippen LogP contribution in [-0.4, -0.2) is 34.7 Å². The Hall–Kier alpha value is -2.44. The van der Waals surface area contributed by atoms with Crippen molar-refractivity contribution in [3.05, 3.63) is 41.8 Å². The van der Waals surface area contributed by atoms with Crippen LogP contribution in [0.5, 0.6) is 17.6 Å². The zero-order valence-electron chi connectivity index (χ0n) is 15.8. The van der Waals surface area contributed by atoms with E-state index in [0.29, 0.717) is 20.8 Å². The van der Waals surface area contributed by atoms with Gasteiger partial charge in [-0.15, -0.1) is 13.1 Å². The van der Waals surface area contributed by atoms with Crippen LogP contribution in [-0.2, 0) is 9.05 Å². The minimum absolute atomic E-state index is 0.140. The molecule has 0 aliphatic carbocycles. The minimum Gasteiger partial charge on any atom is -0.481 e. The molecule has 0 saturated carbocycles. The lowest BCUT2D eigenvalue weighted by molar-refractivity contribution is 0.398. The third kappa shape index (κ3) is 4.65. The van der Waals surface area contributed by atoms with Gasteiger partial charge < -0.3 is 9.47 Å². The molecule has 0 radical (unpaired) electrons. The van der Waals surface area contributed by atoms with E-state index in [-0.39, 0.29) is 17.5 Å². The highest BCUT2D eigenvalue weighted by Gasteiger charge is 2.25. The van der Waals surface area contributed by atoms with Crippen molar-refractivity contribution >= 4 is 32.1 Å². The number of methoxy groups -OCH3 is 1. The Kier molecular flexibility index (Phi) is 6.48. The summed E-state index contributed by atoms with van der Waals surface area (Å²) in [4.78, 5) is 7.67. The maximum Gasteiger partial charge on any atom is 0.334 e. The molecule has 3 rings (SSSR count). The van der Waals surface area contributed by atoms with Gasteiger partial charge in [0.1, 0.15) is 11.6 Å². The summed E-state index contributed by atoms with van der Waals surface area (Å²) in [5.41, 5.74) is 1.24. The molecule has 0 spiro atoms. The third-order valence-electron chi connectivity index (χ3n) is 3.97. The Morgan fingerprint density at radius 3 is 2.60 bits per heavy atom. The van der Waals surface area contributed by atoms with E-state index in [2.05, 4.69) is 15.1 Å². The molecule has 13 heteroatoms. The van der Waals surface area contributed by atoms with Gasteiger partial charge in [0.2, 0.25) is 5.88 Å². The number of pyridine rings is 1. The zero-order valence-corrected chi connectivity index (χ0v) is 18.2. The maximum atomic E-state index is 14.4. The Bertz CT molecular complexity index is 1190. The first-order chi connectivity index (χ1) is 14.1. The molecule has 0 fully saturated rings. The van der Waals surface area contributed by atoms with Gasteiger partial charge in [-0.05, 0) is 29.7 Å². The molecule has 0 bridgehead atoms. The van der Waals surface area contributed by atoms with Gasteiger partial charge in [0.05, 0.1) is 7.11 Å². The first kappa shape index (κ1) is 22.2. The van der Waals surface area contributed by atoms with Gasteiger partial charge in [-0.3, -0.25) is 0 Å². The van der Waals surface area contributed by atoms with Crippen molar-refractivity contribution in [2.75, 3.05) is 7.11 Å². The van der Waals surface area contributed by atoms with Gasteiger partial charge in [0.25, 0.3) is 14.2 Å². The molecule has 0 unspecified atom stereocenters. The average molecular weight is 477 g/mol. The molecule has 0 amide bonds. The summed E-state index contributed by atoms with van der Waals surface area (Å²) in [5.74, 6) is -0.307. The molecular formula is C17H15ClF2N4O4S2. The summed E-state index contributed by atoms with van der Waals surface area (Å²) in [6.45, 7) is 3.61. The smallest absolute Gasteiger partial charge is 0.334 e. The lowest BCUT2D eigenvalue weighted by Crippen LogP contribution is -2.01. The highest BCUT2D eigenvalue weighted by atomic mass is 35.7. The van der Waals surface area contributed by atoms with Crippen LogP contribution in [0.1, 0.15) is 25.3 Å². The van der Waals surface area contributed by atoms with Crippen molar-refractivity contribution in [2.45, 2.75) is 24.9 Å². The standard InChI is InChI=1S/C17H15ClF2N4O4S2/c1-9(2)12-7-11(19)8-13(10-4-5-21-14(6-10)27-3)15(12)28-17-22-16(30(18,25)26)23-24(17)29-20/h4-9H,1-3H3. The third-order valence-corrected chi connectivity index (χ3v) is 5.36. The molecule has 2 heterocycles. The predicted octanol–water partition coefficient (Wildman–Crippen LogP) is 4.71. The molecule has 0 N–H and O–H groups in total. The SMILES string of the molecule is COc1cc(-c2cc(F)cc(C(C)C)c2Oc2nc(S(=O)(=O)Cl)nn2SF)ccn1. The summed E-state index contributed by atoms with van der Waals surface area (Å²) < 4.78 is 62.1. The number of benzene rings is 1. The van der Waals surface area contributed by atoms with Crippen LogP contribution < -0.4 is 9.47 Å². The van der Waals surface area contributed by atoms with Crippen LogP contribution in [0.2, 0.25) is 0 Å². The van der Waals surface area contributed by atoms with Gasteiger partial charge >= 0.3 is 6.01 Å². The second kappa shape index (κ2) is 8.74. The molecule has 0 saturated heterocycles. The van der Waals surface area contributed by atoms with E-state index in [1.165, 1.54) is 25.4 Å².